The Kier molecular flexibility index (Phi) is 4.84. The Labute approximate surface area is 148 Å². The average molecular weight is 342 g/mol. The lowest BCUT2D eigenvalue weighted by Crippen LogP contribution is -2.41. The van der Waals surface area contributed by atoms with E-state index in [0.29, 0.717) is 11.6 Å². The summed E-state index contributed by atoms with van der Waals surface area (Å²) in [5.74, 6) is 0. The fraction of sp³-hybridized carbons (Fsp3) is 0.500. The monoisotopic (exact) mass is 342 g/mol. The first-order valence-corrected chi connectivity index (χ1v) is 8.91. The van der Waals surface area contributed by atoms with E-state index in [1.165, 1.54) is 0 Å². The summed E-state index contributed by atoms with van der Waals surface area (Å²) in [6.45, 7) is 5.62. The zero-order valence-corrected chi connectivity index (χ0v) is 15.1. The Bertz CT molecular complexity index is 765. The van der Waals surface area contributed by atoms with Crippen molar-refractivity contribution >= 4 is 23.3 Å². The van der Waals surface area contributed by atoms with Crippen LogP contribution in [0.4, 0.5) is 4.79 Å². The maximum Gasteiger partial charge on any atom is 0.407 e. The number of alkyl carbamates (subject to hydrolysis) is 1. The summed E-state index contributed by atoms with van der Waals surface area (Å²) in [6, 6.07) is 8.47. The standard InChI is InChI=1S/C20H26N2O3/c1-20(2,3)25-19(24)21-16-5-7-17(8-6-16)22-11-10-15-12-14(13-23)4-9-18(15)22/h4,9-13,16-17H,5-8H2,1-3H3,(H,21,24). The topological polar surface area (TPSA) is 60.3 Å². The van der Waals surface area contributed by atoms with Crippen LogP contribution in [0.1, 0.15) is 62.9 Å². The van der Waals surface area contributed by atoms with Crippen molar-refractivity contribution in [1.29, 1.82) is 0 Å². The van der Waals surface area contributed by atoms with Crippen LogP contribution in [0.5, 0.6) is 0 Å². The molecule has 0 unspecified atom stereocenters. The van der Waals surface area contributed by atoms with Gasteiger partial charge in [-0.05, 0) is 70.7 Å². The third-order valence-corrected chi connectivity index (χ3v) is 4.69. The molecule has 1 aliphatic carbocycles. The molecule has 1 heterocycles. The lowest BCUT2D eigenvalue weighted by Gasteiger charge is -2.31. The van der Waals surface area contributed by atoms with Gasteiger partial charge in [-0.15, -0.1) is 0 Å². The molecule has 0 saturated heterocycles. The third kappa shape index (κ3) is 4.21. The van der Waals surface area contributed by atoms with Gasteiger partial charge in [0.1, 0.15) is 11.9 Å². The molecule has 25 heavy (non-hydrogen) atoms. The van der Waals surface area contributed by atoms with Crippen molar-refractivity contribution in [2.24, 2.45) is 0 Å². The number of aromatic nitrogens is 1. The van der Waals surface area contributed by atoms with E-state index in [1.807, 2.05) is 39.0 Å². The lowest BCUT2D eigenvalue weighted by molar-refractivity contribution is 0.0488. The molecule has 0 aliphatic heterocycles. The fourth-order valence-electron chi connectivity index (χ4n) is 3.55. The summed E-state index contributed by atoms with van der Waals surface area (Å²) >= 11 is 0. The Morgan fingerprint density at radius 1 is 1.20 bits per heavy atom. The third-order valence-electron chi connectivity index (χ3n) is 4.69. The quantitative estimate of drug-likeness (QED) is 0.838. The lowest BCUT2D eigenvalue weighted by atomic mass is 9.91. The Balaban J connectivity index is 1.61. The van der Waals surface area contributed by atoms with Crippen LogP contribution in [0.25, 0.3) is 10.9 Å². The van der Waals surface area contributed by atoms with E-state index in [9.17, 15) is 9.59 Å². The molecule has 5 heteroatoms. The first kappa shape index (κ1) is 17.5. The Hall–Kier alpha value is -2.30. The molecule has 1 aliphatic rings. The molecule has 3 rings (SSSR count). The van der Waals surface area contributed by atoms with Gasteiger partial charge >= 0.3 is 6.09 Å². The Morgan fingerprint density at radius 2 is 1.92 bits per heavy atom. The summed E-state index contributed by atoms with van der Waals surface area (Å²) in [4.78, 5) is 22.8. The van der Waals surface area contributed by atoms with Gasteiger partial charge in [-0.2, -0.15) is 0 Å². The predicted molar refractivity (Wildman–Crippen MR) is 98.0 cm³/mol. The van der Waals surface area contributed by atoms with E-state index in [4.69, 9.17) is 4.74 Å². The summed E-state index contributed by atoms with van der Waals surface area (Å²) in [5.41, 5.74) is 1.40. The molecule has 0 radical (unpaired) electrons. The van der Waals surface area contributed by atoms with Crippen molar-refractivity contribution in [2.45, 2.75) is 64.1 Å². The first-order chi connectivity index (χ1) is 11.9. The molecule has 5 nitrogen and oxygen atoms in total. The molecular weight excluding hydrogens is 316 g/mol. The number of carbonyl (C=O) groups excluding carboxylic acids is 2. The maximum absolute atomic E-state index is 11.9. The normalized spacial score (nSPS) is 21.1. The van der Waals surface area contributed by atoms with Crippen molar-refractivity contribution in [3.8, 4) is 0 Å². The van der Waals surface area contributed by atoms with Gasteiger partial charge in [-0.25, -0.2) is 4.79 Å². The highest BCUT2D eigenvalue weighted by atomic mass is 16.6. The van der Waals surface area contributed by atoms with Gasteiger partial charge in [-0.1, -0.05) is 0 Å². The van der Waals surface area contributed by atoms with Crippen LogP contribution >= 0.6 is 0 Å². The zero-order valence-electron chi connectivity index (χ0n) is 15.1. The van der Waals surface area contributed by atoms with E-state index in [1.54, 1.807) is 0 Å². The van der Waals surface area contributed by atoms with Gasteiger partial charge in [0, 0.05) is 34.7 Å². The largest absolute Gasteiger partial charge is 0.444 e. The number of fused-ring (bicyclic) bond motifs is 1. The molecule has 1 N–H and O–H groups in total. The van der Waals surface area contributed by atoms with Gasteiger partial charge in [-0.3, -0.25) is 4.79 Å². The molecule has 1 amide bonds. The van der Waals surface area contributed by atoms with Crippen LogP contribution in [0, 0.1) is 0 Å². The van der Waals surface area contributed by atoms with E-state index >= 15 is 0 Å². The highest BCUT2D eigenvalue weighted by Crippen LogP contribution is 2.32. The highest BCUT2D eigenvalue weighted by molar-refractivity contribution is 5.87. The van der Waals surface area contributed by atoms with Crippen LogP contribution in [-0.2, 0) is 4.74 Å². The Morgan fingerprint density at radius 3 is 2.56 bits per heavy atom. The fourth-order valence-corrected chi connectivity index (χ4v) is 3.55. The highest BCUT2D eigenvalue weighted by Gasteiger charge is 2.26. The summed E-state index contributed by atoms with van der Waals surface area (Å²) in [5, 5.41) is 4.08. The molecule has 0 spiro atoms. The minimum Gasteiger partial charge on any atom is -0.444 e. The SMILES string of the molecule is CC(C)(C)OC(=O)NC1CCC(n2ccc3cc(C=O)ccc32)CC1. The summed E-state index contributed by atoms with van der Waals surface area (Å²) in [7, 11) is 0. The molecule has 1 fully saturated rings. The molecule has 0 bridgehead atoms. The number of carbonyl (C=O) groups is 2. The number of hydrogen-bond acceptors (Lipinski definition) is 3. The van der Waals surface area contributed by atoms with Crippen LogP contribution < -0.4 is 5.32 Å². The first-order valence-electron chi connectivity index (χ1n) is 8.91. The van der Waals surface area contributed by atoms with Crippen molar-refractivity contribution in [2.75, 3.05) is 0 Å². The second kappa shape index (κ2) is 6.90. The van der Waals surface area contributed by atoms with E-state index in [2.05, 4.69) is 22.1 Å². The number of hydrogen-bond donors (Lipinski definition) is 1. The molecule has 1 saturated carbocycles. The second-order valence-electron chi connectivity index (χ2n) is 7.81. The number of rotatable bonds is 3. The smallest absolute Gasteiger partial charge is 0.407 e. The number of benzene rings is 1. The molecule has 1 aromatic carbocycles. The molecular formula is C20H26N2O3. The number of amides is 1. The van der Waals surface area contributed by atoms with Gasteiger partial charge in [0.05, 0.1) is 0 Å². The molecule has 134 valence electrons. The van der Waals surface area contributed by atoms with Crippen LogP contribution in [-0.4, -0.2) is 28.6 Å². The second-order valence-corrected chi connectivity index (χ2v) is 7.81. The number of ether oxygens (including phenoxy) is 1. The maximum atomic E-state index is 11.9. The van der Waals surface area contributed by atoms with Crippen molar-refractivity contribution in [3.63, 3.8) is 0 Å². The van der Waals surface area contributed by atoms with Gasteiger partial charge < -0.3 is 14.6 Å². The summed E-state index contributed by atoms with van der Waals surface area (Å²) in [6.07, 6.45) is 6.56. The number of nitrogens with one attached hydrogen (secondary N) is 1. The van der Waals surface area contributed by atoms with Gasteiger partial charge in [0.25, 0.3) is 0 Å². The van der Waals surface area contributed by atoms with Crippen molar-refractivity contribution < 1.29 is 14.3 Å². The van der Waals surface area contributed by atoms with Crippen LogP contribution in [0.3, 0.4) is 0 Å². The van der Waals surface area contributed by atoms with Crippen LogP contribution in [0.2, 0.25) is 0 Å². The summed E-state index contributed by atoms with van der Waals surface area (Å²) < 4.78 is 7.63. The minimum atomic E-state index is -0.467. The molecule has 1 aromatic heterocycles. The predicted octanol–water partition coefficient (Wildman–Crippen LogP) is 4.46. The zero-order chi connectivity index (χ0) is 18.0. The molecule has 0 atom stereocenters. The number of nitrogens with zero attached hydrogens (tertiary/aromatic N) is 1. The van der Waals surface area contributed by atoms with E-state index < -0.39 is 5.60 Å². The van der Waals surface area contributed by atoms with E-state index in [0.717, 1.165) is 42.9 Å². The van der Waals surface area contributed by atoms with E-state index in [-0.39, 0.29) is 12.1 Å². The number of aldehydes is 1. The van der Waals surface area contributed by atoms with Gasteiger partial charge in [0.2, 0.25) is 0 Å². The van der Waals surface area contributed by atoms with Crippen molar-refractivity contribution in [3.05, 3.63) is 36.0 Å². The average Bonchev–Trinajstić information content (AvgIpc) is 2.96. The van der Waals surface area contributed by atoms with Crippen molar-refractivity contribution in [1.82, 2.24) is 9.88 Å². The van der Waals surface area contributed by atoms with Crippen LogP contribution in [0.15, 0.2) is 30.5 Å². The molecule has 2 aromatic rings. The van der Waals surface area contributed by atoms with Gasteiger partial charge in [0.15, 0.2) is 0 Å². The minimum absolute atomic E-state index is 0.176.